The van der Waals surface area contributed by atoms with Gasteiger partial charge in [0.2, 0.25) is 15.9 Å². The maximum absolute atomic E-state index is 13.1. The zero-order valence-corrected chi connectivity index (χ0v) is 86.2. The Hall–Kier alpha value is -14.0. The molecule has 144 heavy (non-hydrogen) atoms. The molecule has 750 valence electrons. The fraction of sp³-hybridized carbons (Fsp3) is 0.298. The van der Waals surface area contributed by atoms with E-state index in [2.05, 4.69) is 92.8 Å². The van der Waals surface area contributed by atoms with E-state index in [0.29, 0.717) is 71.2 Å². The molecule has 26 nitrogen and oxygen atoms in total. The number of aromatic nitrogens is 3. The van der Waals surface area contributed by atoms with Gasteiger partial charge in [-0.2, -0.15) is 9.57 Å². The van der Waals surface area contributed by atoms with Crippen LogP contribution in [0.2, 0.25) is 0 Å². The summed E-state index contributed by atoms with van der Waals surface area (Å²) in [6.07, 6.45) is 14.5. The van der Waals surface area contributed by atoms with E-state index in [1.165, 1.54) is 87.5 Å². The lowest BCUT2D eigenvalue weighted by Crippen LogP contribution is -2.38. The number of sulfonamides is 2. The average molecular weight is 2020 g/mol. The number of morpholine rings is 1. The Morgan fingerprint density at radius 2 is 1.19 bits per heavy atom. The van der Waals surface area contributed by atoms with Crippen molar-refractivity contribution >= 4 is 99.8 Å². The minimum Gasteiger partial charge on any atom is -0.491 e. The van der Waals surface area contributed by atoms with Gasteiger partial charge in [0, 0.05) is 149 Å². The fourth-order valence-electron chi connectivity index (χ4n) is 17.2. The first-order chi connectivity index (χ1) is 69.9. The molecule has 17 rings (SSSR count). The molecule has 2 saturated heterocycles. The first kappa shape index (κ1) is 107. The first-order valence-corrected chi connectivity index (χ1v) is 53.2. The lowest BCUT2D eigenvalue weighted by Gasteiger charge is -2.31. The maximum atomic E-state index is 13.1. The SMILES string of the molecule is C=CCN(C(=O)CSc1ccc(S(=O)(=O)N(C)C2CCCCC2)cn1)c1ccccc1.CC(=O)c1ccccc1OCCN(c1nccs1)S(=O)(=O)c1ccccc1.CCc1oc2ccccc2c1CN(C)C(=O)c1cccc(OCc2c(C)noc2C)c1.CN(Cc1ccccc1C#N)Cc1ccccc1N1CCCCC1.CN(Cc1ccccc1N1CCOCC1)C(=O)c1ccc(OCc2ccccc2)cc1. The van der Waals surface area contributed by atoms with E-state index in [1.54, 1.807) is 125 Å². The summed E-state index contributed by atoms with van der Waals surface area (Å²) in [7, 11) is 0.0965. The number of aryl methyl sites for hydroxylation is 3. The number of anilines is 4. The highest BCUT2D eigenvalue weighted by Crippen LogP contribution is 2.35. The molecule has 2 aliphatic heterocycles. The van der Waals surface area contributed by atoms with E-state index in [9.17, 15) is 41.3 Å². The smallest absolute Gasteiger partial charge is 0.266 e. The van der Waals surface area contributed by atoms with Crippen LogP contribution in [0.5, 0.6) is 17.2 Å². The first-order valence-electron chi connectivity index (χ1n) is 48.4. The van der Waals surface area contributed by atoms with Crippen LogP contribution >= 0.6 is 23.1 Å². The van der Waals surface area contributed by atoms with Gasteiger partial charge in [0.15, 0.2) is 10.9 Å². The number of furan rings is 1. The van der Waals surface area contributed by atoms with Crippen molar-refractivity contribution in [1.82, 2.24) is 34.1 Å². The number of hydrogen-bond donors (Lipinski definition) is 0. The van der Waals surface area contributed by atoms with Crippen molar-refractivity contribution in [3.63, 3.8) is 0 Å². The third-order valence-corrected chi connectivity index (χ3v) is 30.5. The predicted octanol–water partition coefficient (Wildman–Crippen LogP) is 22.0. The third-order valence-electron chi connectivity index (χ3n) is 24.9. The lowest BCUT2D eigenvalue weighted by atomic mass is 9.96. The topological polar surface area (TPSA) is 288 Å². The number of thiazole rings is 1. The number of pyridine rings is 1. The number of nitriles is 1. The van der Waals surface area contributed by atoms with E-state index in [0.717, 1.165) is 158 Å². The maximum Gasteiger partial charge on any atom is 0.266 e. The highest BCUT2D eigenvalue weighted by Gasteiger charge is 2.32. The van der Waals surface area contributed by atoms with Gasteiger partial charge in [0.05, 0.1) is 63.9 Å². The zero-order chi connectivity index (χ0) is 102. The number of ether oxygens (including phenoxy) is 4. The van der Waals surface area contributed by atoms with Crippen molar-refractivity contribution in [3.05, 3.63) is 376 Å². The van der Waals surface area contributed by atoms with E-state index in [1.807, 2.05) is 179 Å². The molecule has 1 saturated carbocycles. The third kappa shape index (κ3) is 29.8. The van der Waals surface area contributed by atoms with Gasteiger partial charge in [-0.05, 0) is 197 Å². The number of piperidine rings is 1. The van der Waals surface area contributed by atoms with E-state index in [4.69, 9.17) is 27.9 Å². The van der Waals surface area contributed by atoms with E-state index < -0.39 is 20.0 Å². The largest absolute Gasteiger partial charge is 0.491 e. The van der Waals surface area contributed by atoms with Crippen LogP contribution in [0.4, 0.5) is 22.2 Å². The minimum atomic E-state index is -3.77. The number of nitrogens with zero attached hydrogens (tertiary/aromatic N) is 12. The highest BCUT2D eigenvalue weighted by molar-refractivity contribution is 8.00. The predicted molar refractivity (Wildman–Crippen MR) is 570 cm³/mol. The number of rotatable bonds is 36. The molecule has 0 radical (unpaired) electrons. The van der Waals surface area contributed by atoms with Crippen LogP contribution in [-0.4, -0.2) is 174 Å². The minimum absolute atomic E-state index is 0.00797. The second-order valence-corrected chi connectivity index (χ2v) is 40.8. The Labute approximate surface area is 854 Å². The lowest BCUT2D eigenvalue weighted by molar-refractivity contribution is -0.116. The number of para-hydroxylation sites is 5. The second-order valence-electron chi connectivity index (χ2n) is 35.1. The standard InChI is InChI=1S/C26H28N2O3.C25H26N2O4.C23H29N3O3S2.C21H25N3.C19H18N2O4S2/c1-27(19-23-9-5-6-10-25(23)28-15-17-30-18-16-28)26(29)22-11-13-24(14-12-22)31-20-21-7-3-2-4-8-21;1-5-23-21(20-11-6-7-12-24(20)30-23)14-27(4)25(28)18-9-8-10-19(13-18)29-15-22-16(2)26-31-17(22)3;1-3-16-26(20-12-8-5-9-13-20)23(27)18-30-22-15-14-21(17-24-22)31(28,29)25(2)19-10-6-4-7-11-19;1-23(16-19-10-4-3-9-18(19)15-22)17-20-11-5-6-12-21(20)24-13-7-2-8-14-24;1-15(22)17-9-5-6-10-18(17)25-13-12-21(19-20-11-14-26-19)27(23,24)16-7-3-2-4-8-16/h2-14H,15-20H2,1H3;6-13H,5,14-15H2,1-4H3;3,5,8-9,12-15,17,19H,1,4,6-7,10-11,16,18H2,2H3;3-6,9-12H,2,7-8,13-14,16-17H2,1H3;2-11,14H,12-13H2,1H3. The number of hydrogen-bond acceptors (Lipinski definition) is 23. The molecule has 1 aliphatic carbocycles. The number of thioether (sulfide) groups is 1. The summed E-state index contributed by atoms with van der Waals surface area (Å²) in [6, 6.07) is 87.6. The normalized spacial score (nSPS) is 13.1. The Bertz CT molecular complexity index is 6760. The monoisotopic (exact) mass is 2010 g/mol. The Kier molecular flexibility index (Phi) is 40.1. The molecule has 4 aromatic heterocycles. The van der Waals surface area contributed by atoms with Crippen LogP contribution in [0.3, 0.4) is 0 Å². The summed E-state index contributed by atoms with van der Waals surface area (Å²) < 4.78 is 88.7. The number of Topliss-reactive ketones (excluding diaryl/α,β-unsaturated/α-hetero) is 1. The number of carbonyl (C=O) groups is 4. The van der Waals surface area contributed by atoms with Gasteiger partial charge in [-0.3, -0.25) is 24.1 Å². The van der Waals surface area contributed by atoms with Crippen LogP contribution in [0.15, 0.2) is 327 Å². The van der Waals surface area contributed by atoms with Crippen LogP contribution in [0.1, 0.15) is 152 Å². The molecule has 3 aliphatic rings. The molecule has 10 aromatic carbocycles. The van der Waals surface area contributed by atoms with Gasteiger partial charge >= 0.3 is 0 Å². The van der Waals surface area contributed by atoms with Gasteiger partial charge in [0.25, 0.3) is 21.8 Å². The Balaban J connectivity index is 0.000000151. The van der Waals surface area contributed by atoms with Crippen LogP contribution in [0.25, 0.3) is 11.0 Å². The molecule has 0 unspecified atom stereocenters. The summed E-state index contributed by atoms with van der Waals surface area (Å²) in [5.74, 6) is 3.40. The molecule has 30 heteroatoms. The number of fused-ring (bicyclic) bond motifs is 1. The number of carbonyl (C=O) groups excluding carboxylic acids is 4. The fourth-order valence-corrected chi connectivity index (χ4v) is 21.6. The second kappa shape index (κ2) is 53.9. The Morgan fingerprint density at radius 3 is 1.84 bits per heavy atom. The van der Waals surface area contributed by atoms with Gasteiger partial charge in [-0.25, -0.2) is 31.1 Å². The van der Waals surface area contributed by atoms with E-state index >= 15 is 0 Å². The van der Waals surface area contributed by atoms with E-state index in [-0.39, 0.29) is 58.2 Å². The van der Waals surface area contributed by atoms with Crippen molar-refractivity contribution in [1.29, 1.82) is 5.26 Å². The quantitative estimate of drug-likeness (QED) is 0.0200. The molecule has 6 heterocycles. The van der Waals surface area contributed by atoms with Crippen molar-refractivity contribution in [3.8, 4) is 23.3 Å². The zero-order valence-electron chi connectivity index (χ0n) is 83.0. The highest BCUT2D eigenvalue weighted by atomic mass is 32.2. The molecular weight excluding hydrogens is 1890 g/mol. The molecule has 3 amide bonds. The molecular formula is C114H126N12O14S4. The summed E-state index contributed by atoms with van der Waals surface area (Å²) in [5, 5.41) is 16.9. The average Bonchev–Trinajstić information content (AvgIpc) is 1.76. The van der Waals surface area contributed by atoms with Crippen LogP contribution < -0.4 is 33.2 Å². The summed E-state index contributed by atoms with van der Waals surface area (Å²) in [5.41, 5.74) is 14.2. The van der Waals surface area contributed by atoms with Gasteiger partial charge < -0.3 is 52.4 Å². The van der Waals surface area contributed by atoms with Gasteiger partial charge in [-0.1, -0.05) is 207 Å². The van der Waals surface area contributed by atoms with Crippen molar-refractivity contribution in [2.75, 3.05) is 112 Å². The molecule has 0 bridgehead atoms. The number of benzene rings is 10. The summed E-state index contributed by atoms with van der Waals surface area (Å²) in [6.45, 7) is 20.7. The van der Waals surface area contributed by atoms with Gasteiger partial charge in [-0.15, -0.1) is 17.9 Å². The molecule has 0 atom stereocenters. The molecule has 3 fully saturated rings. The number of ketones is 1. The molecule has 0 N–H and O–H groups in total. The van der Waals surface area contributed by atoms with Crippen molar-refractivity contribution < 1.29 is 63.9 Å². The van der Waals surface area contributed by atoms with Crippen molar-refractivity contribution in [2.45, 2.75) is 146 Å². The van der Waals surface area contributed by atoms with Crippen LogP contribution in [-0.2, 0) is 75.4 Å². The van der Waals surface area contributed by atoms with Crippen molar-refractivity contribution in [2.24, 2.45) is 0 Å². The van der Waals surface area contributed by atoms with Gasteiger partial charge in [0.1, 0.15) is 59.1 Å². The Morgan fingerprint density at radius 1 is 0.583 bits per heavy atom. The summed E-state index contributed by atoms with van der Waals surface area (Å²) in [4.78, 5) is 71.6. The molecule has 14 aromatic rings. The number of amides is 3. The van der Waals surface area contributed by atoms with Crippen LogP contribution in [0, 0.1) is 25.2 Å². The molecule has 0 spiro atoms. The summed E-state index contributed by atoms with van der Waals surface area (Å²) >= 11 is 2.52.